The summed E-state index contributed by atoms with van der Waals surface area (Å²) in [6.07, 6.45) is 36.7. The highest BCUT2D eigenvalue weighted by atomic mass is 14.1. The number of rotatable bonds is 24. The molecule has 0 bridgehead atoms. The molecule has 29 heavy (non-hydrogen) atoms. The molecular formula is C29H56. The van der Waals surface area contributed by atoms with E-state index in [9.17, 15) is 0 Å². The quantitative estimate of drug-likeness (QED) is 0.111. The second-order valence-corrected chi connectivity index (χ2v) is 9.45. The summed E-state index contributed by atoms with van der Waals surface area (Å²) < 4.78 is 0. The zero-order chi connectivity index (χ0) is 21.3. The van der Waals surface area contributed by atoms with E-state index in [1.54, 1.807) is 0 Å². The van der Waals surface area contributed by atoms with Gasteiger partial charge in [-0.25, -0.2) is 0 Å². The SMILES string of the molecule is [CH2]CCCCCCCCC=CCCCCCCCCCCCCCC(C)CC[CH2]. The number of hydrogen-bond donors (Lipinski definition) is 0. The Morgan fingerprint density at radius 2 is 0.828 bits per heavy atom. The first kappa shape index (κ1) is 28.7. The van der Waals surface area contributed by atoms with Crippen molar-refractivity contribution in [2.24, 2.45) is 5.92 Å². The molecule has 0 heteroatoms. The lowest BCUT2D eigenvalue weighted by molar-refractivity contribution is 0.456. The van der Waals surface area contributed by atoms with Gasteiger partial charge in [0.05, 0.1) is 0 Å². The molecule has 0 aliphatic carbocycles. The van der Waals surface area contributed by atoms with Crippen LogP contribution < -0.4 is 0 Å². The first-order valence-corrected chi connectivity index (χ1v) is 13.5. The van der Waals surface area contributed by atoms with E-state index in [0.29, 0.717) is 0 Å². The van der Waals surface area contributed by atoms with E-state index >= 15 is 0 Å². The van der Waals surface area contributed by atoms with Gasteiger partial charge in [0.1, 0.15) is 0 Å². The van der Waals surface area contributed by atoms with Crippen LogP contribution in [0.5, 0.6) is 0 Å². The van der Waals surface area contributed by atoms with Gasteiger partial charge in [0.2, 0.25) is 0 Å². The maximum atomic E-state index is 3.96. The summed E-state index contributed by atoms with van der Waals surface area (Å²) >= 11 is 0. The van der Waals surface area contributed by atoms with Crippen molar-refractivity contribution in [3.05, 3.63) is 26.0 Å². The molecular weight excluding hydrogens is 348 g/mol. The van der Waals surface area contributed by atoms with E-state index in [1.165, 1.54) is 135 Å². The summed E-state index contributed by atoms with van der Waals surface area (Å²) in [5.74, 6) is 0.895. The van der Waals surface area contributed by atoms with Gasteiger partial charge in [-0.3, -0.25) is 0 Å². The fourth-order valence-electron chi connectivity index (χ4n) is 4.22. The third-order valence-corrected chi connectivity index (χ3v) is 6.30. The van der Waals surface area contributed by atoms with Crippen LogP contribution in [-0.4, -0.2) is 0 Å². The Morgan fingerprint density at radius 3 is 1.24 bits per heavy atom. The molecule has 1 unspecified atom stereocenters. The lowest BCUT2D eigenvalue weighted by Crippen LogP contribution is -1.93. The van der Waals surface area contributed by atoms with Gasteiger partial charge in [0.15, 0.2) is 0 Å². The van der Waals surface area contributed by atoms with Crippen molar-refractivity contribution in [2.45, 2.75) is 155 Å². The highest BCUT2D eigenvalue weighted by Gasteiger charge is 2.00. The number of allylic oxidation sites excluding steroid dienone is 2. The molecule has 0 rings (SSSR count). The van der Waals surface area contributed by atoms with Gasteiger partial charge in [-0.15, -0.1) is 0 Å². The lowest BCUT2D eigenvalue weighted by Gasteiger charge is -2.09. The fourth-order valence-corrected chi connectivity index (χ4v) is 4.22. The van der Waals surface area contributed by atoms with Crippen LogP contribution in [0.1, 0.15) is 155 Å². The minimum Gasteiger partial charge on any atom is -0.0885 e. The molecule has 0 N–H and O–H groups in total. The first-order chi connectivity index (χ1) is 14.3. The van der Waals surface area contributed by atoms with Gasteiger partial charge >= 0.3 is 0 Å². The molecule has 0 aromatic heterocycles. The monoisotopic (exact) mass is 404 g/mol. The lowest BCUT2D eigenvalue weighted by atomic mass is 9.98. The van der Waals surface area contributed by atoms with Gasteiger partial charge in [-0.05, 0) is 31.6 Å². The summed E-state index contributed by atoms with van der Waals surface area (Å²) in [5, 5.41) is 0. The number of hydrogen-bond acceptors (Lipinski definition) is 0. The standard InChI is InChI=1S/C29H56/c1-4-6-7-8-9-10-11-12-13-14-15-16-17-18-19-20-21-22-23-24-25-26-28-29(3)27-5-2/h13-14,29H,1-2,4-12,15-28H2,3H3. The van der Waals surface area contributed by atoms with Gasteiger partial charge in [0, 0.05) is 0 Å². The van der Waals surface area contributed by atoms with E-state index < -0.39 is 0 Å². The van der Waals surface area contributed by atoms with Gasteiger partial charge in [-0.1, -0.05) is 155 Å². The van der Waals surface area contributed by atoms with Crippen molar-refractivity contribution in [2.75, 3.05) is 0 Å². The van der Waals surface area contributed by atoms with E-state index in [2.05, 4.69) is 32.9 Å². The molecule has 0 saturated heterocycles. The number of unbranched alkanes of at least 4 members (excludes halogenated alkanes) is 18. The van der Waals surface area contributed by atoms with E-state index in [-0.39, 0.29) is 0 Å². The average Bonchev–Trinajstić information content (AvgIpc) is 2.72. The molecule has 0 aliphatic heterocycles. The van der Waals surface area contributed by atoms with E-state index in [4.69, 9.17) is 0 Å². The molecule has 0 saturated carbocycles. The third-order valence-electron chi connectivity index (χ3n) is 6.30. The summed E-state index contributed by atoms with van der Waals surface area (Å²) in [5.41, 5.74) is 0. The molecule has 0 heterocycles. The Balaban J connectivity index is 3.09. The molecule has 2 radical (unpaired) electrons. The molecule has 0 nitrogen and oxygen atoms in total. The van der Waals surface area contributed by atoms with Crippen molar-refractivity contribution < 1.29 is 0 Å². The van der Waals surface area contributed by atoms with Crippen LogP contribution in [0.4, 0.5) is 0 Å². The normalized spacial score (nSPS) is 12.8. The zero-order valence-electron chi connectivity index (χ0n) is 20.4. The largest absolute Gasteiger partial charge is 0.0885 e. The van der Waals surface area contributed by atoms with Crippen LogP contribution in [0.3, 0.4) is 0 Å². The summed E-state index contributed by atoms with van der Waals surface area (Å²) in [6.45, 7) is 10.3. The van der Waals surface area contributed by atoms with Crippen molar-refractivity contribution >= 4 is 0 Å². The van der Waals surface area contributed by atoms with E-state index in [1.807, 2.05) is 0 Å². The van der Waals surface area contributed by atoms with Crippen LogP contribution in [0.2, 0.25) is 0 Å². The molecule has 0 spiro atoms. The molecule has 0 aliphatic rings. The Labute approximate surface area is 186 Å². The maximum absolute atomic E-state index is 3.96. The summed E-state index contributed by atoms with van der Waals surface area (Å²) in [7, 11) is 0. The van der Waals surface area contributed by atoms with Gasteiger partial charge in [0.25, 0.3) is 0 Å². The minimum absolute atomic E-state index is 0.895. The molecule has 0 aromatic rings. The summed E-state index contributed by atoms with van der Waals surface area (Å²) in [6, 6.07) is 0. The van der Waals surface area contributed by atoms with Crippen molar-refractivity contribution in [1.82, 2.24) is 0 Å². The second-order valence-electron chi connectivity index (χ2n) is 9.45. The van der Waals surface area contributed by atoms with Crippen molar-refractivity contribution in [3.63, 3.8) is 0 Å². The molecule has 1 atom stereocenters. The van der Waals surface area contributed by atoms with Crippen molar-refractivity contribution in [3.8, 4) is 0 Å². The highest BCUT2D eigenvalue weighted by Crippen LogP contribution is 2.17. The average molecular weight is 405 g/mol. The van der Waals surface area contributed by atoms with Crippen LogP contribution in [-0.2, 0) is 0 Å². The Hall–Kier alpha value is -0.260. The van der Waals surface area contributed by atoms with Crippen molar-refractivity contribution in [1.29, 1.82) is 0 Å². The fraction of sp³-hybridized carbons (Fsp3) is 0.862. The first-order valence-electron chi connectivity index (χ1n) is 13.5. The topological polar surface area (TPSA) is 0 Å². The van der Waals surface area contributed by atoms with Crippen LogP contribution in [0.25, 0.3) is 0 Å². The maximum Gasteiger partial charge on any atom is -0.0351 e. The van der Waals surface area contributed by atoms with Gasteiger partial charge in [-0.2, -0.15) is 0 Å². The van der Waals surface area contributed by atoms with Crippen LogP contribution >= 0.6 is 0 Å². The Morgan fingerprint density at radius 1 is 0.448 bits per heavy atom. The molecule has 0 aromatic carbocycles. The van der Waals surface area contributed by atoms with Crippen LogP contribution in [0.15, 0.2) is 12.2 Å². The molecule has 0 fully saturated rings. The van der Waals surface area contributed by atoms with Crippen LogP contribution in [0, 0.1) is 19.8 Å². The molecule has 0 amide bonds. The predicted molar refractivity (Wildman–Crippen MR) is 135 cm³/mol. The third kappa shape index (κ3) is 25.7. The second kappa shape index (κ2) is 25.8. The smallest absolute Gasteiger partial charge is 0.0351 e. The Bertz CT molecular complexity index is 303. The van der Waals surface area contributed by atoms with Gasteiger partial charge < -0.3 is 0 Å². The minimum atomic E-state index is 0.895. The molecule has 172 valence electrons. The zero-order valence-corrected chi connectivity index (χ0v) is 20.4. The predicted octanol–water partition coefficient (Wildman–Crippen LogP) is 10.8. The highest BCUT2D eigenvalue weighted by molar-refractivity contribution is 4.81. The van der Waals surface area contributed by atoms with E-state index in [0.717, 1.165) is 18.8 Å². The summed E-state index contributed by atoms with van der Waals surface area (Å²) in [4.78, 5) is 0. The Kier molecular flexibility index (Phi) is 25.5.